The van der Waals surface area contributed by atoms with Crippen molar-refractivity contribution in [1.82, 2.24) is 5.32 Å². The first-order valence-electron chi connectivity index (χ1n) is 13.8. The van der Waals surface area contributed by atoms with Crippen molar-refractivity contribution in [3.05, 3.63) is 18.2 Å². The molecule has 1 aromatic carbocycles. The largest absolute Gasteiger partial charge is 0.457 e. The van der Waals surface area contributed by atoms with Crippen molar-refractivity contribution in [1.29, 1.82) is 0 Å². The van der Waals surface area contributed by atoms with Gasteiger partial charge in [-0.15, -0.1) is 12.3 Å². The molecule has 2 rings (SSSR count). The fourth-order valence-corrected chi connectivity index (χ4v) is 4.84. The molecule has 4 N–H and O–H groups in total. The number of anilines is 1. The molecule has 1 heterocycles. The van der Waals surface area contributed by atoms with Crippen LogP contribution in [0.3, 0.4) is 0 Å². The van der Waals surface area contributed by atoms with Crippen molar-refractivity contribution in [2.24, 2.45) is 0 Å². The molecule has 1 saturated heterocycles. The second-order valence-corrected chi connectivity index (χ2v) is 11.6. The maximum absolute atomic E-state index is 12.3. The van der Waals surface area contributed by atoms with E-state index < -0.39 is 80.8 Å². The molecule has 1 aromatic rings. The van der Waals surface area contributed by atoms with Gasteiger partial charge in [0.25, 0.3) is 0 Å². The van der Waals surface area contributed by atoms with Gasteiger partial charge in [0.15, 0.2) is 23.7 Å². The van der Waals surface area contributed by atoms with E-state index in [9.17, 15) is 38.3 Å². The average Bonchev–Trinajstić information content (AvgIpc) is 2.90. The van der Waals surface area contributed by atoms with Crippen LogP contribution in [0.5, 0.6) is 11.5 Å². The van der Waals surface area contributed by atoms with E-state index in [1.165, 1.54) is 18.2 Å². The van der Waals surface area contributed by atoms with Crippen molar-refractivity contribution in [3.63, 3.8) is 0 Å². The maximum atomic E-state index is 12.3. The molecule has 5 atom stereocenters. The minimum Gasteiger partial charge on any atom is -0.457 e. The molecule has 1 aliphatic heterocycles. The Labute approximate surface area is 259 Å². The van der Waals surface area contributed by atoms with Crippen LogP contribution in [0.2, 0.25) is 0 Å². The zero-order valence-electron chi connectivity index (χ0n) is 25.2. The van der Waals surface area contributed by atoms with Crippen LogP contribution < -0.4 is 20.1 Å². The number of ether oxygens (including phenoxy) is 6. The van der Waals surface area contributed by atoms with Crippen LogP contribution >= 0.6 is 7.60 Å². The van der Waals surface area contributed by atoms with Gasteiger partial charge in [-0.1, -0.05) is 0 Å². The summed E-state index contributed by atoms with van der Waals surface area (Å²) in [6.45, 7) is 4.62. The number of terminal acetylenes is 1. The maximum Gasteiger partial charge on any atom is 0.325 e. The second-order valence-electron chi connectivity index (χ2n) is 9.86. The zero-order chi connectivity index (χ0) is 33.7. The van der Waals surface area contributed by atoms with Crippen LogP contribution in [0, 0.1) is 12.3 Å². The minimum atomic E-state index is -4.58. The van der Waals surface area contributed by atoms with E-state index in [0.717, 1.165) is 34.1 Å². The Morgan fingerprint density at radius 2 is 1.53 bits per heavy atom. The van der Waals surface area contributed by atoms with Gasteiger partial charge in [-0.2, -0.15) is 0 Å². The molecule has 0 radical (unpaired) electrons. The van der Waals surface area contributed by atoms with Crippen molar-refractivity contribution in [2.45, 2.75) is 84.1 Å². The summed E-state index contributed by atoms with van der Waals surface area (Å²) < 4.78 is 44.8. The third-order valence-electron chi connectivity index (χ3n) is 5.93. The van der Waals surface area contributed by atoms with E-state index >= 15 is 0 Å². The molecule has 1 fully saturated rings. The Balaban J connectivity index is 2.45. The van der Waals surface area contributed by atoms with Gasteiger partial charge in [-0.3, -0.25) is 23.7 Å². The average molecular weight is 657 g/mol. The Hall–Kier alpha value is -4.16. The van der Waals surface area contributed by atoms with E-state index in [4.69, 9.17) is 34.8 Å². The molecule has 45 heavy (non-hydrogen) atoms. The number of carbonyl (C=O) groups excluding carboxylic acids is 5. The van der Waals surface area contributed by atoms with Gasteiger partial charge < -0.3 is 48.8 Å². The Morgan fingerprint density at radius 3 is 2.11 bits per heavy atom. The number of esters is 4. The van der Waals surface area contributed by atoms with E-state index in [2.05, 4.69) is 16.6 Å². The van der Waals surface area contributed by atoms with Gasteiger partial charge in [0.2, 0.25) is 12.4 Å². The molecule has 16 nitrogen and oxygen atoms in total. The van der Waals surface area contributed by atoms with Crippen molar-refractivity contribution < 1.29 is 66.7 Å². The summed E-state index contributed by atoms with van der Waals surface area (Å²) >= 11 is 0. The summed E-state index contributed by atoms with van der Waals surface area (Å²) in [5.74, 6) is -1.19. The highest BCUT2D eigenvalue weighted by molar-refractivity contribution is 7.51. The summed E-state index contributed by atoms with van der Waals surface area (Å²) in [5, 5.41) is 5.25. The Bertz CT molecular complexity index is 1320. The van der Waals surface area contributed by atoms with Crippen LogP contribution in [0.25, 0.3) is 0 Å². The number of unbranched alkanes of at least 4 members (excludes halogenated alkanes) is 2. The van der Waals surface area contributed by atoms with E-state index in [0.29, 0.717) is 19.4 Å². The predicted molar refractivity (Wildman–Crippen MR) is 155 cm³/mol. The normalized spacial score (nSPS) is 21.0. The van der Waals surface area contributed by atoms with Crippen molar-refractivity contribution >= 4 is 43.2 Å². The van der Waals surface area contributed by atoms with Gasteiger partial charge in [0, 0.05) is 52.4 Å². The standard InChI is InChI=1S/C28H37N2O14P/c1-6-7-8-9-13-29-28(35)30-20-10-11-21(23(15-20)39-16(2)31)43-27-26(42-19(5)34)25(41-18(4)33)24(40-17(3)32)22(44-27)12-14-45(36,37)38/h1,10-11,15,22,24-27H,7-9,12-14H2,2-5H3,(H2,29,30,35)(H2,36,37,38)/t22-,24-,25+,26+,27+/m1/s1. The molecule has 0 bridgehead atoms. The van der Waals surface area contributed by atoms with Gasteiger partial charge in [0.05, 0.1) is 6.16 Å². The lowest BCUT2D eigenvalue weighted by Gasteiger charge is -2.44. The molecule has 2 amide bonds. The Morgan fingerprint density at radius 1 is 0.911 bits per heavy atom. The highest BCUT2D eigenvalue weighted by Crippen LogP contribution is 2.40. The number of benzene rings is 1. The van der Waals surface area contributed by atoms with Crippen LogP contribution in [0.4, 0.5) is 10.5 Å². The quantitative estimate of drug-likeness (QED) is 0.0562. The lowest BCUT2D eigenvalue weighted by molar-refractivity contribution is -0.284. The molecule has 248 valence electrons. The number of hydrogen-bond donors (Lipinski definition) is 4. The number of amides is 2. The summed E-state index contributed by atoms with van der Waals surface area (Å²) in [5.41, 5.74) is 0.202. The van der Waals surface area contributed by atoms with E-state index in [-0.39, 0.29) is 17.2 Å². The first-order valence-corrected chi connectivity index (χ1v) is 15.6. The third-order valence-corrected chi connectivity index (χ3v) is 6.77. The number of rotatable bonds is 14. The number of carbonyl (C=O) groups is 5. The molecular weight excluding hydrogens is 619 g/mol. The molecule has 17 heteroatoms. The predicted octanol–water partition coefficient (Wildman–Crippen LogP) is 2.00. The molecule has 0 spiro atoms. The highest BCUT2D eigenvalue weighted by atomic mass is 31.2. The van der Waals surface area contributed by atoms with Crippen molar-refractivity contribution in [3.8, 4) is 23.8 Å². The second kappa shape index (κ2) is 17.4. The highest BCUT2D eigenvalue weighted by Gasteiger charge is 2.53. The smallest absolute Gasteiger partial charge is 0.325 e. The zero-order valence-corrected chi connectivity index (χ0v) is 26.1. The first-order chi connectivity index (χ1) is 21.1. The molecule has 0 saturated carbocycles. The van der Waals surface area contributed by atoms with Crippen LogP contribution in [0.1, 0.15) is 53.4 Å². The SMILES string of the molecule is C#CCCCCNC(=O)Nc1ccc(O[C@H]2O[C@H](CCP(=O)(O)O)[C@@H](OC(C)=O)[C@H](OC(C)=O)[C@@H]2OC(C)=O)c(OC(C)=O)c1. The summed E-state index contributed by atoms with van der Waals surface area (Å²) in [4.78, 5) is 79.3. The van der Waals surface area contributed by atoms with Crippen LogP contribution in [-0.2, 0) is 42.7 Å². The van der Waals surface area contributed by atoms with Gasteiger partial charge in [0.1, 0.15) is 6.10 Å². The van der Waals surface area contributed by atoms with Crippen LogP contribution in [0.15, 0.2) is 18.2 Å². The minimum absolute atomic E-state index is 0.158. The van der Waals surface area contributed by atoms with Gasteiger partial charge in [-0.05, 0) is 31.4 Å². The third kappa shape index (κ3) is 13.2. The molecular formula is C28H37N2O14P. The number of urea groups is 1. The summed E-state index contributed by atoms with van der Waals surface area (Å²) in [6.07, 6.45) is -1.48. The lowest BCUT2D eigenvalue weighted by Crippen LogP contribution is -2.62. The molecule has 0 unspecified atom stereocenters. The number of nitrogens with one attached hydrogen (secondary N) is 2. The lowest BCUT2D eigenvalue weighted by atomic mass is 9.96. The monoisotopic (exact) mass is 656 g/mol. The number of hydrogen-bond acceptors (Lipinski definition) is 12. The van der Waals surface area contributed by atoms with Crippen LogP contribution in [-0.4, -0.2) is 83.1 Å². The summed E-state index contributed by atoms with van der Waals surface area (Å²) in [6, 6.07) is 3.44. The van der Waals surface area contributed by atoms with Gasteiger partial charge >= 0.3 is 37.5 Å². The molecule has 0 aliphatic carbocycles. The molecule has 1 aliphatic rings. The van der Waals surface area contributed by atoms with E-state index in [1.54, 1.807) is 0 Å². The fraction of sp³-hybridized carbons (Fsp3) is 0.536. The topological polar surface area (TPSA) is 222 Å². The summed E-state index contributed by atoms with van der Waals surface area (Å²) in [7, 11) is -4.58. The van der Waals surface area contributed by atoms with Crippen molar-refractivity contribution in [2.75, 3.05) is 18.0 Å². The first kappa shape index (κ1) is 37.0. The van der Waals surface area contributed by atoms with E-state index in [1.807, 2.05) is 0 Å². The fourth-order valence-electron chi connectivity index (χ4n) is 4.25. The Kier molecular flexibility index (Phi) is 14.3. The molecule has 0 aromatic heterocycles. The van der Waals surface area contributed by atoms with Gasteiger partial charge in [-0.25, -0.2) is 4.79 Å².